The Morgan fingerprint density at radius 2 is 1.52 bits per heavy atom. The van der Waals surface area contributed by atoms with Gasteiger partial charge in [-0.25, -0.2) is 4.39 Å². The van der Waals surface area contributed by atoms with Gasteiger partial charge in [0.1, 0.15) is 11.4 Å². The second-order valence-electron chi connectivity index (χ2n) is 14.2. The van der Waals surface area contributed by atoms with Crippen LogP contribution in [0.4, 0.5) is 10.1 Å². The summed E-state index contributed by atoms with van der Waals surface area (Å²) in [6.07, 6.45) is 0.635. The van der Waals surface area contributed by atoms with Crippen LogP contribution in [0.15, 0.2) is 84.9 Å². The molecule has 5 rings (SSSR count). The van der Waals surface area contributed by atoms with Gasteiger partial charge in [0.15, 0.2) is 5.79 Å². The maximum Gasteiger partial charge on any atom is 0.308 e. The fraction of sp³-hybridized carbons (Fsp3) is 0.400. The number of halogens is 1. The lowest BCUT2D eigenvalue weighted by Gasteiger charge is -2.41. The smallest absolute Gasteiger partial charge is 0.308 e. The average molecular weight is 655 g/mol. The van der Waals surface area contributed by atoms with Crippen molar-refractivity contribution in [3.63, 3.8) is 0 Å². The summed E-state index contributed by atoms with van der Waals surface area (Å²) in [5.41, 5.74) is 4.87. The van der Waals surface area contributed by atoms with Gasteiger partial charge in [-0.3, -0.25) is 9.59 Å². The van der Waals surface area contributed by atoms with Crippen LogP contribution in [0.5, 0.6) is 0 Å². The number of nitrogens with one attached hydrogen (secondary N) is 1. The third-order valence-electron chi connectivity index (χ3n) is 8.21. The maximum atomic E-state index is 14.4. The summed E-state index contributed by atoms with van der Waals surface area (Å²) in [5, 5.41) is 3.12. The zero-order valence-electron chi connectivity index (χ0n) is 29.0. The number of esters is 1. The normalized spacial score (nSPS) is 17.7. The van der Waals surface area contributed by atoms with E-state index in [2.05, 4.69) is 23.7 Å². The van der Waals surface area contributed by atoms with Gasteiger partial charge in [-0.1, -0.05) is 62.4 Å². The molecule has 4 aromatic rings. The summed E-state index contributed by atoms with van der Waals surface area (Å²) in [7, 11) is 0. The summed E-state index contributed by atoms with van der Waals surface area (Å²) in [6, 6.07) is 25.7. The van der Waals surface area contributed by atoms with Crippen LogP contribution in [0.25, 0.3) is 22.4 Å². The lowest BCUT2D eigenvalue weighted by molar-refractivity contribution is -0.301. The fourth-order valence-electron chi connectivity index (χ4n) is 6.57. The van der Waals surface area contributed by atoms with Gasteiger partial charge in [-0.2, -0.15) is 0 Å². The molecule has 7 nitrogen and oxygen atoms in total. The van der Waals surface area contributed by atoms with Crippen molar-refractivity contribution < 1.29 is 28.2 Å². The van der Waals surface area contributed by atoms with Crippen LogP contribution in [-0.2, 0) is 25.5 Å². The number of para-hydroxylation sites is 1. The molecule has 2 atom stereocenters. The molecule has 1 aliphatic heterocycles. The highest BCUT2D eigenvalue weighted by Crippen LogP contribution is 2.43. The molecule has 1 fully saturated rings. The highest BCUT2D eigenvalue weighted by Gasteiger charge is 2.38. The molecule has 2 heterocycles. The van der Waals surface area contributed by atoms with Crippen LogP contribution < -0.4 is 5.32 Å². The molecule has 0 aliphatic carbocycles. The van der Waals surface area contributed by atoms with Gasteiger partial charge >= 0.3 is 5.97 Å². The third-order valence-corrected chi connectivity index (χ3v) is 8.21. The van der Waals surface area contributed by atoms with Crippen LogP contribution in [0, 0.1) is 5.82 Å². The molecule has 1 aromatic heterocycles. The van der Waals surface area contributed by atoms with E-state index in [1.54, 1.807) is 12.1 Å². The molecule has 1 aliphatic rings. The van der Waals surface area contributed by atoms with Crippen LogP contribution >= 0.6 is 0 Å². The van der Waals surface area contributed by atoms with Crippen LogP contribution in [0.3, 0.4) is 0 Å². The lowest BCUT2D eigenvalue weighted by Crippen LogP contribution is -2.46. The molecule has 254 valence electrons. The zero-order valence-corrected chi connectivity index (χ0v) is 29.0. The molecule has 1 saturated heterocycles. The number of rotatable bonds is 10. The first-order valence-corrected chi connectivity index (χ1v) is 16.7. The SMILES string of the molecule is CC(C)c1c(C(=O)Nc2ccccc2)c(-c2ccccc2)c(-c2ccc(F)cc2)n1CC[C@H]1CC(CC(=O)OC(C)(C)C)OC(C)(C)O1. The Hall–Kier alpha value is -4.27. The second kappa shape index (κ2) is 14.5. The largest absolute Gasteiger partial charge is 0.460 e. The molecule has 0 spiro atoms. The van der Waals surface area contributed by atoms with E-state index in [1.807, 2.05) is 95.3 Å². The van der Waals surface area contributed by atoms with E-state index < -0.39 is 11.4 Å². The molecular weight excluding hydrogens is 607 g/mol. The first kappa shape index (κ1) is 35.0. The van der Waals surface area contributed by atoms with E-state index >= 15 is 0 Å². The molecule has 0 saturated carbocycles. The van der Waals surface area contributed by atoms with E-state index in [1.165, 1.54) is 12.1 Å². The highest BCUT2D eigenvalue weighted by atomic mass is 19.1. The predicted molar refractivity (Wildman–Crippen MR) is 187 cm³/mol. The fourth-order valence-corrected chi connectivity index (χ4v) is 6.57. The summed E-state index contributed by atoms with van der Waals surface area (Å²) in [6.45, 7) is 13.9. The number of hydrogen-bond donors (Lipinski definition) is 1. The third kappa shape index (κ3) is 8.60. The van der Waals surface area contributed by atoms with Crippen molar-refractivity contribution >= 4 is 17.6 Å². The first-order chi connectivity index (χ1) is 22.7. The molecule has 3 aromatic carbocycles. The Morgan fingerprint density at radius 3 is 2.12 bits per heavy atom. The number of anilines is 1. The number of benzene rings is 3. The Labute approximate surface area is 283 Å². The summed E-state index contributed by atoms with van der Waals surface area (Å²) in [5.74, 6) is -1.80. The molecule has 8 heteroatoms. The van der Waals surface area contributed by atoms with Crippen molar-refractivity contribution in [1.82, 2.24) is 4.57 Å². The number of carbonyl (C=O) groups is 2. The van der Waals surface area contributed by atoms with Gasteiger partial charge in [0.25, 0.3) is 5.91 Å². The Bertz CT molecular complexity index is 1710. The molecule has 48 heavy (non-hydrogen) atoms. The van der Waals surface area contributed by atoms with E-state index in [9.17, 15) is 14.0 Å². The Morgan fingerprint density at radius 1 is 0.917 bits per heavy atom. The topological polar surface area (TPSA) is 78.8 Å². The maximum absolute atomic E-state index is 14.4. The van der Waals surface area contributed by atoms with Crippen molar-refractivity contribution in [2.45, 2.75) is 104 Å². The van der Waals surface area contributed by atoms with Crippen LogP contribution in [0.2, 0.25) is 0 Å². The Balaban J connectivity index is 1.59. The quantitative estimate of drug-likeness (QED) is 0.172. The van der Waals surface area contributed by atoms with Gasteiger partial charge in [0.2, 0.25) is 0 Å². The number of ether oxygens (including phenoxy) is 3. The van der Waals surface area contributed by atoms with Gasteiger partial charge in [0, 0.05) is 29.9 Å². The van der Waals surface area contributed by atoms with Crippen molar-refractivity contribution in [1.29, 1.82) is 0 Å². The minimum atomic E-state index is -0.900. The van der Waals surface area contributed by atoms with Crippen molar-refractivity contribution in [3.8, 4) is 22.4 Å². The zero-order chi connectivity index (χ0) is 34.6. The van der Waals surface area contributed by atoms with Crippen molar-refractivity contribution in [2.24, 2.45) is 0 Å². The number of amides is 1. The summed E-state index contributed by atoms with van der Waals surface area (Å²) < 4.78 is 34.6. The van der Waals surface area contributed by atoms with Gasteiger partial charge < -0.3 is 24.1 Å². The van der Waals surface area contributed by atoms with Crippen LogP contribution in [-0.4, -0.2) is 40.0 Å². The lowest BCUT2D eigenvalue weighted by atomic mass is 9.94. The van der Waals surface area contributed by atoms with E-state index in [4.69, 9.17) is 14.2 Å². The van der Waals surface area contributed by atoms with Gasteiger partial charge in [-0.15, -0.1) is 0 Å². The molecule has 0 radical (unpaired) electrons. The average Bonchev–Trinajstić information content (AvgIpc) is 3.35. The molecular formula is C40H47FN2O5. The Kier molecular flexibility index (Phi) is 10.6. The molecule has 1 unspecified atom stereocenters. The standard InChI is InChI=1S/C40H47FN2O5/c1-26(2)36-35(38(45)42-30-16-12-9-13-17-30)34(27-14-10-8-11-15-27)37(28-18-20-29(41)21-19-28)43(36)23-22-31-24-32(47-40(6,7)46-31)25-33(44)48-39(3,4)5/h8-21,26,31-32H,22-25H2,1-7H3,(H,42,45)/t31-,32?/m0/s1. The monoisotopic (exact) mass is 654 g/mol. The van der Waals surface area contributed by atoms with Gasteiger partial charge in [0.05, 0.1) is 29.9 Å². The second-order valence-corrected chi connectivity index (χ2v) is 14.2. The number of aromatic nitrogens is 1. The summed E-state index contributed by atoms with van der Waals surface area (Å²) in [4.78, 5) is 27.1. The molecule has 1 N–H and O–H groups in total. The van der Waals surface area contributed by atoms with Gasteiger partial charge in [-0.05, 0) is 94.5 Å². The minimum absolute atomic E-state index is 0.0369. The number of nitrogens with zero attached hydrogens (tertiary/aromatic N) is 1. The van der Waals surface area contributed by atoms with E-state index in [0.717, 1.165) is 28.1 Å². The van der Waals surface area contributed by atoms with Crippen molar-refractivity contribution in [2.75, 3.05) is 5.32 Å². The first-order valence-electron chi connectivity index (χ1n) is 16.7. The summed E-state index contributed by atoms with van der Waals surface area (Å²) >= 11 is 0. The molecule has 1 amide bonds. The van der Waals surface area contributed by atoms with Crippen LogP contribution in [0.1, 0.15) is 89.7 Å². The van der Waals surface area contributed by atoms with E-state index in [-0.39, 0.29) is 42.2 Å². The predicted octanol–water partition coefficient (Wildman–Crippen LogP) is 9.37. The number of hydrogen-bond acceptors (Lipinski definition) is 5. The van der Waals surface area contributed by atoms with E-state index in [0.29, 0.717) is 30.6 Å². The number of carbonyl (C=O) groups excluding carboxylic acids is 2. The van der Waals surface area contributed by atoms with Crippen molar-refractivity contribution in [3.05, 3.63) is 102 Å². The minimum Gasteiger partial charge on any atom is -0.460 e. The highest BCUT2D eigenvalue weighted by molar-refractivity contribution is 6.12. The molecule has 0 bridgehead atoms.